The minimum atomic E-state index is -0.219. The second kappa shape index (κ2) is 7.66. The van der Waals surface area contributed by atoms with Gasteiger partial charge in [-0.15, -0.1) is 0 Å². The molecule has 0 bridgehead atoms. The third-order valence-corrected chi connectivity index (χ3v) is 4.72. The summed E-state index contributed by atoms with van der Waals surface area (Å²) in [5.41, 5.74) is 2.98. The van der Waals surface area contributed by atoms with Gasteiger partial charge in [-0.1, -0.05) is 12.1 Å². The molecule has 0 spiro atoms. The molecule has 1 heterocycles. The third kappa shape index (κ3) is 4.37. The molecule has 1 saturated heterocycles. The number of rotatable bonds is 4. The maximum Gasteiger partial charge on any atom is 0.241 e. The number of amides is 1. The van der Waals surface area contributed by atoms with Crippen LogP contribution >= 0.6 is 0 Å². The van der Waals surface area contributed by atoms with Gasteiger partial charge in [-0.25, -0.2) is 4.39 Å². The van der Waals surface area contributed by atoms with Gasteiger partial charge in [0.2, 0.25) is 5.91 Å². The molecule has 1 fully saturated rings. The highest BCUT2D eigenvalue weighted by Crippen LogP contribution is 2.18. The molecule has 0 radical (unpaired) electrons. The number of hydrogen-bond acceptors (Lipinski definition) is 3. The highest BCUT2D eigenvalue weighted by Gasteiger charge is 2.25. The molecular weight excluding hydrogens is 317 g/mol. The molecule has 2 aromatic carbocycles. The predicted molar refractivity (Wildman–Crippen MR) is 99.5 cm³/mol. The van der Waals surface area contributed by atoms with E-state index < -0.39 is 0 Å². The summed E-state index contributed by atoms with van der Waals surface area (Å²) in [6, 6.07) is 14.2. The molecule has 0 aliphatic carbocycles. The molecule has 1 amide bonds. The minimum absolute atomic E-state index is 0.0147. The van der Waals surface area contributed by atoms with Crippen molar-refractivity contribution in [1.82, 2.24) is 4.90 Å². The van der Waals surface area contributed by atoms with Gasteiger partial charge in [0.1, 0.15) is 5.82 Å². The van der Waals surface area contributed by atoms with Gasteiger partial charge in [0, 0.05) is 37.6 Å². The van der Waals surface area contributed by atoms with Crippen molar-refractivity contribution in [1.29, 1.82) is 0 Å². The van der Waals surface area contributed by atoms with Crippen molar-refractivity contribution >= 4 is 17.3 Å². The van der Waals surface area contributed by atoms with E-state index in [0.29, 0.717) is 0 Å². The quantitative estimate of drug-likeness (QED) is 0.927. The van der Waals surface area contributed by atoms with Crippen LogP contribution in [0.2, 0.25) is 0 Å². The number of anilines is 2. The van der Waals surface area contributed by atoms with Crippen molar-refractivity contribution in [3.63, 3.8) is 0 Å². The average molecular weight is 341 g/mol. The van der Waals surface area contributed by atoms with E-state index in [-0.39, 0.29) is 17.8 Å². The number of carbonyl (C=O) groups is 1. The average Bonchev–Trinajstić information content (AvgIpc) is 2.62. The largest absolute Gasteiger partial charge is 0.369 e. The topological polar surface area (TPSA) is 35.6 Å². The molecule has 2 aromatic rings. The number of hydrogen-bond donors (Lipinski definition) is 1. The molecule has 132 valence electrons. The number of benzene rings is 2. The Labute approximate surface area is 148 Å². The van der Waals surface area contributed by atoms with Crippen LogP contribution in [0, 0.1) is 12.7 Å². The fourth-order valence-corrected chi connectivity index (χ4v) is 3.15. The molecule has 1 aliphatic rings. The van der Waals surface area contributed by atoms with E-state index in [1.165, 1.54) is 12.1 Å². The molecule has 4 nitrogen and oxygen atoms in total. The van der Waals surface area contributed by atoms with Gasteiger partial charge in [-0.3, -0.25) is 9.69 Å². The fourth-order valence-electron chi connectivity index (χ4n) is 3.15. The maximum atomic E-state index is 13.0. The Morgan fingerprint density at radius 3 is 2.40 bits per heavy atom. The van der Waals surface area contributed by atoms with Crippen LogP contribution in [0.3, 0.4) is 0 Å². The number of nitrogens with zero attached hydrogens (tertiary/aromatic N) is 2. The Kier molecular flexibility index (Phi) is 5.34. The lowest BCUT2D eigenvalue weighted by Gasteiger charge is -2.38. The molecule has 1 atom stereocenters. The lowest BCUT2D eigenvalue weighted by molar-refractivity contribution is -0.120. The Balaban J connectivity index is 1.54. The van der Waals surface area contributed by atoms with E-state index in [1.807, 2.05) is 38.1 Å². The smallest absolute Gasteiger partial charge is 0.241 e. The van der Waals surface area contributed by atoms with Crippen LogP contribution in [-0.2, 0) is 4.79 Å². The Bertz CT molecular complexity index is 724. The first kappa shape index (κ1) is 17.4. The van der Waals surface area contributed by atoms with E-state index in [9.17, 15) is 9.18 Å². The van der Waals surface area contributed by atoms with Gasteiger partial charge in [0.25, 0.3) is 0 Å². The Morgan fingerprint density at radius 1 is 1.08 bits per heavy atom. The number of aryl methyl sites for hydroxylation is 1. The molecular formula is C20H24FN3O. The summed E-state index contributed by atoms with van der Waals surface area (Å²) >= 11 is 0. The SMILES string of the molecule is Cc1cccc(NC(=O)C(C)N2CCN(c3ccc(F)cc3)CC2)c1. The number of halogens is 1. The molecule has 1 unspecified atom stereocenters. The predicted octanol–water partition coefficient (Wildman–Crippen LogP) is 3.28. The summed E-state index contributed by atoms with van der Waals surface area (Å²) in [5, 5.41) is 2.99. The summed E-state index contributed by atoms with van der Waals surface area (Å²) in [6.07, 6.45) is 0. The van der Waals surface area contributed by atoms with Crippen LogP contribution in [0.25, 0.3) is 0 Å². The van der Waals surface area contributed by atoms with E-state index in [4.69, 9.17) is 0 Å². The molecule has 3 rings (SSSR count). The van der Waals surface area contributed by atoms with Gasteiger partial charge in [0.15, 0.2) is 0 Å². The van der Waals surface area contributed by atoms with E-state index in [0.717, 1.165) is 43.1 Å². The minimum Gasteiger partial charge on any atom is -0.369 e. The second-order valence-corrected chi connectivity index (χ2v) is 6.53. The second-order valence-electron chi connectivity index (χ2n) is 6.53. The standard InChI is InChI=1S/C20H24FN3O/c1-15-4-3-5-18(14-15)22-20(25)16(2)23-10-12-24(13-11-23)19-8-6-17(21)7-9-19/h3-9,14,16H,10-13H2,1-2H3,(H,22,25). The van der Waals surface area contributed by atoms with Crippen LogP contribution in [-0.4, -0.2) is 43.0 Å². The van der Waals surface area contributed by atoms with E-state index in [1.54, 1.807) is 12.1 Å². The van der Waals surface area contributed by atoms with Crippen molar-refractivity contribution in [2.24, 2.45) is 0 Å². The van der Waals surface area contributed by atoms with Crippen LogP contribution < -0.4 is 10.2 Å². The Hall–Kier alpha value is -2.40. The first-order valence-electron chi connectivity index (χ1n) is 8.65. The van der Waals surface area contributed by atoms with Crippen molar-refractivity contribution in [3.05, 3.63) is 59.9 Å². The van der Waals surface area contributed by atoms with Crippen LogP contribution in [0.1, 0.15) is 12.5 Å². The van der Waals surface area contributed by atoms with Gasteiger partial charge in [0.05, 0.1) is 6.04 Å². The van der Waals surface area contributed by atoms with Crippen molar-refractivity contribution in [2.45, 2.75) is 19.9 Å². The summed E-state index contributed by atoms with van der Waals surface area (Å²) in [4.78, 5) is 16.9. The molecule has 5 heteroatoms. The zero-order valence-corrected chi connectivity index (χ0v) is 14.7. The summed E-state index contributed by atoms with van der Waals surface area (Å²) in [6.45, 7) is 7.22. The first-order chi connectivity index (χ1) is 12.0. The molecule has 1 aliphatic heterocycles. The number of carbonyl (C=O) groups excluding carboxylic acids is 1. The highest BCUT2D eigenvalue weighted by molar-refractivity contribution is 5.94. The van der Waals surface area contributed by atoms with Crippen LogP contribution in [0.4, 0.5) is 15.8 Å². The van der Waals surface area contributed by atoms with E-state index >= 15 is 0 Å². The van der Waals surface area contributed by atoms with Crippen LogP contribution in [0.5, 0.6) is 0 Å². The lowest BCUT2D eigenvalue weighted by atomic mass is 10.1. The maximum absolute atomic E-state index is 13.0. The number of piperazine rings is 1. The molecule has 25 heavy (non-hydrogen) atoms. The summed E-state index contributed by atoms with van der Waals surface area (Å²) in [5.74, 6) is -0.204. The summed E-state index contributed by atoms with van der Waals surface area (Å²) in [7, 11) is 0. The monoisotopic (exact) mass is 341 g/mol. The Morgan fingerprint density at radius 2 is 1.76 bits per heavy atom. The molecule has 0 saturated carbocycles. The zero-order chi connectivity index (χ0) is 17.8. The first-order valence-corrected chi connectivity index (χ1v) is 8.65. The van der Waals surface area contributed by atoms with Gasteiger partial charge in [-0.05, 0) is 55.8 Å². The zero-order valence-electron chi connectivity index (χ0n) is 14.7. The van der Waals surface area contributed by atoms with Crippen molar-refractivity contribution < 1.29 is 9.18 Å². The van der Waals surface area contributed by atoms with E-state index in [2.05, 4.69) is 15.1 Å². The normalized spacial score (nSPS) is 16.5. The van der Waals surface area contributed by atoms with Crippen molar-refractivity contribution in [3.8, 4) is 0 Å². The van der Waals surface area contributed by atoms with Crippen LogP contribution in [0.15, 0.2) is 48.5 Å². The highest BCUT2D eigenvalue weighted by atomic mass is 19.1. The van der Waals surface area contributed by atoms with Gasteiger partial charge < -0.3 is 10.2 Å². The fraction of sp³-hybridized carbons (Fsp3) is 0.350. The molecule has 0 aromatic heterocycles. The number of nitrogens with one attached hydrogen (secondary N) is 1. The van der Waals surface area contributed by atoms with Gasteiger partial charge in [-0.2, -0.15) is 0 Å². The lowest BCUT2D eigenvalue weighted by Crippen LogP contribution is -2.52. The third-order valence-electron chi connectivity index (χ3n) is 4.72. The molecule has 1 N–H and O–H groups in total. The summed E-state index contributed by atoms with van der Waals surface area (Å²) < 4.78 is 13.0. The van der Waals surface area contributed by atoms with Gasteiger partial charge >= 0.3 is 0 Å². The van der Waals surface area contributed by atoms with Crippen molar-refractivity contribution in [2.75, 3.05) is 36.4 Å².